The summed E-state index contributed by atoms with van der Waals surface area (Å²) in [7, 11) is 0. The average Bonchev–Trinajstić information content (AvgIpc) is 3.62. The zero-order valence-electron chi connectivity index (χ0n) is 23.7. The number of ketones is 1. The summed E-state index contributed by atoms with van der Waals surface area (Å²) in [4.78, 5) is 51.4. The van der Waals surface area contributed by atoms with Gasteiger partial charge in [-0.25, -0.2) is 4.79 Å². The van der Waals surface area contributed by atoms with Gasteiger partial charge < -0.3 is 24.1 Å². The van der Waals surface area contributed by atoms with Crippen molar-refractivity contribution in [3.05, 3.63) is 23.3 Å². The molecule has 0 aromatic carbocycles. The van der Waals surface area contributed by atoms with Crippen LogP contribution in [-0.4, -0.2) is 64.4 Å². The van der Waals surface area contributed by atoms with Gasteiger partial charge >= 0.3 is 17.9 Å². The highest BCUT2D eigenvalue weighted by Gasteiger charge is 2.84. The van der Waals surface area contributed by atoms with Gasteiger partial charge in [0.05, 0.1) is 12.0 Å². The van der Waals surface area contributed by atoms with Gasteiger partial charge in [0.2, 0.25) is 0 Å². The summed E-state index contributed by atoms with van der Waals surface area (Å²) >= 11 is 0. The highest BCUT2D eigenvalue weighted by Crippen LogP contribution is 2.68. The lowest BCUT2D eigenvalue weighted by molar-refractivity contribution is -0.153. The topological polar surface area (TPSA) is 129 Å². The van der Waals surface area contributed by atoms with E-state index in [1.165, 1.54) is 13.8 Å². The third-order valence-electron chi connectivity index (χ3n) is 9.29. The van der Waals surface area contributed by atoms with Gasteiger partial charge in [0.25, 0.3) is 0 Å². The fourth-order valence-corrected chi connectivity index (χ4v) is 7.24. The number of Topliss-reactive ketones (excluding diaryl/α,β-unsaturated/α-hetero) is 1. The molecule has 0 unspecified atom stereocenters. The van der Waals surface area contributed by atoms with E-state index in [4.69, 9.17) is 18.9 Å². The summed E-state index contributed by atoms with van der Waals surface area (Å²) in [5.74, 6) is -3.60. The van der Waals surface area contributed by atoms with Crippen LogP contribution >= 0.6 is 0 Å². The first-order valence-corrected chi connectivity index (χ1v) is 13.4. The van der Waals surface area contributed by atoms with Crippen LogP contribution in [0.4, 0.5) is 0 Å². The number of ether oxygens (including phenoxy) is 4. The minimum Gasteiger partial charge on any atom is -0.459 e. The van der Waals surface area contributed by atoms with Crippen LogP contribution in [0.15, 0.2) is 23.3 Å². The third-order valence-corrected chi connectivity index (χ3v) is 9.29. The number of carbonyl (C=O) groups excluding carboxylic acids is 4. The molecule has 1 heterocycles. The second kappa shape index (κ2) is 9.30. The Balaban J connectivity index is 1.88. The Morgan fingerprint density at radius 1 is 1.05 bits per heavy atom. The Hall–Kier alpha value is -2.52. The van der Waals surface area contributed by atoms with Crippen LogP contribution < -0.4 is 0 Å². The van der Waals surface area contributed by atoms with Gasteiger partial charge in [0, 0.05) is 31.3 Å². The van der Waals surface area contributed by atoms with Crippen LogP contribution in [0.5, 0.6) is 0 Å². The Labute approximate surface area is 223 Å². The van der Waals surface area contributed by atoms with Crippen LogP contribution in [0.3, 0.4) is 0 Å². The normalized spacial score (nSPS) is 44.7. The van der Waals surface area contributed by atoms with Crippen LogP contribution in [0.2, 0.25) is 0 Å². The van der Waals surface area contributed by atoms with Crippen LogP contribution in [0.25, 0.3) is 0 Å². The predicted octanol–water partition coefficient (Wildman–Crippen LogP) is 3.07. The van der Waals surface area contributed by atoms with Crippen molar-refractivity contribution in [2.75, 3.05) is 0 Å². The number of allylic oxidation sites excluding steroid dienone is 1. The van der Waals surface area contributed by atoms with Gasteiger partial charge in [-0.2, -0.15) is 0 Å². The number of fused-ring (bicyclic) bond motifs is 1. The van der Waals surface area contributed by atoms with E-state index >= 15 is 0 Å². The molecule has 1 N–H and O–H groups in total. The summed E-state index contributed by atoms with van der Waals surface area (Å²) in [6, 6.07) is 0. The van der Waals surface area contributed by atoms with Crippen LogP contribution in [0, 0.1) is 29.1 Å². The number of aliphatic hydroxyl groups is 1. The standard InChI is InChI=1S/C29H40O9/c1-10-13(2)26(34)37-23-16(5)24(33)28-12-15(4)25(36-18(7)31)29(28,38-28)11-14(3)22(35-17(6)30)21(32)19-20(23)27(19,8)9/h10-11,15-16,19-23,25,32H,12H2,1-9H3/b13-10-,14-11+/t15-,16+,19+,20-,21-,22+,23-,25-,28-,29-/m0/s1. The molecule has 10 atom stereocenters. The van der Waals surface area contributed by atoms with Gasteiger partial charge in [-0.1, -0.05) is 33.8 Å². The van der Waals surface area contributed by atoms with Crippen molar-refractivity contribution in [2.24, 2.45) is 29.1 Å². The average molecular weight is 533 g/mol. The quantitative estimate of drug-likeness (QED) is 0.191. The van der Waals surface area contributed by atoms with Crippen LogP contribution in [0.1, 0.15) is 68.7 Å². The van der Waals surface area contributed by atoms with E-state index < -0.39 is 70.8 Å². The summed E-state index contributed by atoms with van der Waals surface area (Å²) in [5, 5.41) is 11.6. The molecule has 4 rings (SSSR count). The summed E-state index contributed by atoms with van der Waals surface area (Å²) in [6.45, 7) is 15.2. The highest BCUT2D eigenvalue weighted by atomic mass is 16.7. The van der Waals surface area contributed by atoms with Crippen molar-refractivity contribution in [3.8, 4) is 0 Å². The first-order chi connectivity index (χ1) is 17.6. The molecule has 0 radical (unpaired) electrons. The number of esters is 3. The maximum absolute atomic E-state index is 14.3. The second-order valence-electron chi connectivity index (χ2n) is 12.2. The molecular formula is C29H40O9. The molecule has 0 aromatic heterocycles. The number of hydrogen-bond donors (Lipinski definition) is 1. The lowest BCUT2D eigenvalue weighted by Gasteiger charge is -2.28. The monoisotopic (exact) mass is 532 g/mol. The SMILES string of the molecule is C/C=C(/C)C(=O)O[C@@H]1[C@@H]2[C@H]([C@H](O)[C@H](OC(C)=O)/C(C)=C/[C@@]34O[C@@]3(C[C@H](C)[C@@H]4OC(C)=O)C(=O)[C@@H]1C)C2(C)C. The number of rotatable bonds is 4. The number of carbonyl (C=O) groups is 4. The van der Waals surface area contributed by atoms with E-state index in [2.05, 4.69) is 0 Å². The molecule has 4 aliphatic rings. The Kier molecular flexibility index (Phi) is 6.97. The molecule has 3 aliphatic carbocycles. The van der Waals surface area contributed by atoms with Gasteiger partial charge in [-0.3, -0.25) is 14.4 Å². The lowest BCUT2D eigenvalue weighted by Crippen LogP contribution is -2.43. The molecule has 0 aromatic rings. The van der Waals surface area contributed by atoms with Crippen LogP contribution in [-0.2, 0) is 38.1 Å². The van der Waals surface area contributed by atoms with E-state index in [0.717, 1.165) is 0 Å². The van der Waals surface area contributed by atoms with Crippen molar-refractivity contribution in [2.45, 2.75) is 104 Å². The molecule has 38 heavy (non-hydrogen) atoms. The molecule has 0 bridgehead atoms. The minimum atomic E-state index is -1.29. The smallest absolute Gasteiger partial charge is 0.333 e. The molecule has 1 saturated heterocycles. The molecule has 9 nitrogen and oxygen atoms in total. The molecular weight excluding hydrogens is 492 g/mol. The maximum atomic E-state index is 14.3. The van der Waals surface area contributed by atoms with Crippen molar-refractivity contribution in [1.82, 2.24) is 0 Å². The zero-order chi connectivity index (χ0) is 28.5. The number of epoxide rings is 1. The van der Waals surface area contributed by atoms with Crippen molar-refractivity contribution >= 4 is 23.7 Å². The Morgan fingerprint density at radius 2 is 1.66 bits per heavy atom. The van der Waals surface area contributed by atoms with E-state index in [-0.39, 0.29) is 17.6 Å². The van der Waals surface area contributed by atoms with E-state index in [0.29, 0.717) is 17.6 Å². The van der Waals surface area contributed by atoms with Gasteiger partial charge in [-0.15, -0.1) is 0 Å². The zero-order valence-corrected chi connectivity index (χ0v) is 23.7. The fourth-order valence-electron chi connectivity index (χ4n) is 7.24. The lowest BCUT2D eigenvalue weighted by atomic mass is 9.80. The maximum Gasteiger partial charge on any atom is 0.333 e. The minimum absolute atomic E-state index is 0.204. The van der Waals surface area contributed by atoms with Crippen molar-refractivity contribution < 1.29 is 43.2 Å². The largest absolute Gasteiger partial charge is 0.459 e. The predicted molar refractivity (Wildman–Crippen MR) is 135 cm³/mol. The highest BCUT2D eigenvalue weighted by molar-refractivity contribution is 5.96. The summed E-state index contributed by atoms with van der Waals surface area (Å²) < 4.78 is 23.6. The van der Waals surface area contributed by atoms with E-state index in [1.807, 2.05) is 20.8 Å². The first kappa shape index (κ1) is 28.5. The summed E-state index contributed by atoms with van der Waals surface area (Å²) in [6.07, 6.45) is -0.102. The summed E-state index contributed by atoms with van der Waals surface area (Å²) in [5.41, 5.74) is -2.17. The van der Waals surface area contributed by atoms with Gasteiger partial charge in [0.1, 0.15) is 18.3 Å². The number of aliphatic hydroxyl groups excluding tert-OH is 1. The first-order valence-electron chi connectivity index (χ1n) is 13.4. The molecule has 210 valence electrons. The molecule has 9 heteroatoms. The third kappa shape index (κ3) is 4.13. The Bertz CT molecular complexity index is 1120. The number of hydrogen-bond acceptors (Lipinski definition) is 9. The molecule has 1 aliphatic heterocycles. The Morgan fingerprint density at radius 3 is 2.21 bits per heavy atom. The molecule has 3 fully saturated rings. The molecule has 0 spiro atoms. The van der Waals surface area contributed by atoms with Crippen molar-refractivity contribution in [1.29, 1.82) is 0 Å². The van der Waals surface area contributed by atoms with Gasteiger partial charge in [-0.05, 0) is 50.2 Å². The second-order valence-corrected chi connectivity index (χ2v) is 12.2. The van der Waals surface area contributed by atoms with Crippen molar-refractivity contribution in [3.63, 3.8) is 0 Å². The molecule has 0 amide bonds. The van der Waals surface area contributed by atoms with E-state index in [9.17, 15) is 24.3 Å². The van der Waals surface area contributed by atoms with Gasteiger partial charge in [0.15, 0.2) is 17.0 Å². The molecule has 2 saturated carbocycles. The fraction of sp³-hybridized carbons (Fsp3) is 0.724. The van der Waals surface area contributed by atoms with E-state index in [1.54, 1.807) is 39.8 Å².